The predicted molar refractivity (Wildman–Crippen MR) is 107 cm³/mol. The molecule has 0 bridgehead atoms. The second kappa shape index (κ2) is 8.00. The summed E-state index contributed by atoms with van der Waals surface area (Å²) in [6.45, 7) is 7.51. The highest BCUT2D eigenvalue weighted by molar-refractivity contribution is 7.92. The second-order valence-corrected chi connectivity index (χ2v) is 8.86. The van der Waals surface area contributed by atoms with Gasteiger partial charge in [-0.15, -0.1) is 0 Å². The molecule has 0 fully saturated rings. The van der Waals surface area contributed by atoms with E-state index in [1.165, 1.54) is 6.07 Å². The third-order valence-electron chi connectivity index (χ3n) is 3.85. The summed E-state index contributed by atoms with van der Waals surface area (Å²) in [5.74, 6) is 0.297. The number of anilines is 1. The Morgan fingerprint density at radius 1 is 1.11 bits per heavy atom. The second-order valence-electron chi connectivity index (χ2n) is 7.18. The minimum atomic E-state index is -3.86. The molecule has 2 rings (SSSR count). The van der Waals surface area contributed by atoms with Crippen LogP contribution in [0.2, 0.25) is 0 Å². The van der Waals surface area contributed by atoms with Gasteiger partial charge in [0.1, 0.15) is 5.75 Å². The molecule has 0 aliphatic rings. The number of amides is 1. The summed E-state index contributed by atoms with van der Waals surface area (Å²) in [6, 6.07) is 11.2. The largest absolute Gasteiger partial charge is 0.496 e. The van der Waals surface area contributed by atoms with Crippen LogP contribution in [0, 0.1) is 0 Å². The Morgan fingerprint density at radius 2 is 1.78 bits per heavy atom. The number of hydrogen-bond acceptors (Lipinski definition) is 4. The third kappa shape index (κ3) is 5.23. The quantitative estimate of drug-likeness (QED) is 0.789. The molecule has 0 saturated carbocycles. The smallest absolute Gasteiger partial charge is 0.261 e. The number of aryl methyl sites for hydroxylation is 1. The Hall–Kier alpha value is -2.54. The first kappa shape index (κ1) is 20.8. The van der Waals surface area contributed by atoms with E-state index in [0.717, 1.165) is 5.56 Å². The lowest BCUT2D eigenvalue weighted by molar-refractivity contribution is 0.0920. The summed E-state index contributed by atoms with van der Waals surface area (Å²) in [7, 11) is -2.31. The lowest BCUT2D eigenvalue weighted by atomic mass is 10.1. The van der Waals surface area contributed by atoms with Crippen molar-refractivity contribution in [3.63, 3.8) is 0 Å². The van der Waals surface area contributed by atoms with E-state index < -0.39 is 15.6 Å². The van der Waals surface area contributed by atoms with E-state index in [9.17, 15) is 13.2 Å². The fourth-order valence-corrected chi connectivity index (χ4v) is 3.71. The van der Waals surface area contributed by atoms with Gasteiger partial charge in [-0.05, 0) is 63.1 Å². The average Bonchev–Trinajstić information content (AvgIpc) is 2.59. The molecule has 2 N–H and O–H groups in total. The first-order chi connectivity index (χ1) is 12.6. The zero-order chi connectivity index (χ0) is 20.2. The minimum Gasteiger partial charge on any atom is -0.496 e. The van der Waals surface area contributed by atoms with Crippen LogP contribution in [0.5, 0.6) is 5.75 Å². The molecule has 2 aromatic rings. The highest BCUT2D eigenvalue weighted by atomic mass is 32.2. The fraction of sp³-hybridized carbons (Fsp3) is 0.350. The van der Waals surface area contributed by atoms with Crippen LogP contribution >= 0.6 is 0 Å². The molecule has 0 unspecified atom stereocenters. The third-order valence-corrected chi connectivity index (χ3v) is 5.21. The number of methoxy groups -OCH3 is 1. The molecule has 1 amide bonds. The number of rotatable bonds is 6. The van der Waals surface area contributed by atoms with Crippen LogP contribution in [0.25, 0.3) is 0 Å². The molecule has 0 radical (unpaired) electrons. The topological polar surface area (TPSA) is 84.5 Å². The van der Waals surface area contributed by atoms with Crippen molar-refractivity contribution in [3.8, 4) is 5.75 Å². The van der Waals surface area contributed by atoms with Crippen molar-refractivity contribution in [1.29, 1.82) is 0 Å². The highest BCUT2D eigenvalue weighted by Gasteiger charge is 2.22. The van der Waals surface area contributed by atoms with E-state index in [1.54, 1.807) is 43.5 Å². The van der Waals surface area contributed by atoms with Crippen LogP contribution < -0.4 is 14.8 Å². The molecule has 6 nitrogen and oxygen atoms in total. The summed E-state index contributed by atoms with van der Waals surface area (Å²) in [6.07, 6.45) is 0.636. The Labute approximate surface area is 161 Å². The summed E-state index contributed by atoms with van der Waals surface area (Å²) in [4.78, 5) is 12.6. The molecule has 0 aliphatic heterocycles. The Balaban J connectivity index is 2.38. The van der Waals surface area contributed by atoms with Gasteiger partial charge in [-0.25, -0.2) is 8.42 Å². The van der Waals surface area contributed by atoms with Crippen molar-refractivity contribution in [2.45, 2.75) is 44.6 Å². The predicted octanol–water partition coefficient (Wildman–Crippen LogP) is 3.59. The van der Waals surface area contributed by atoms with Crippen molar-refractivity contribution >= 4 is 21.6 Å². The van der Waals surface area contributed by atoms with Gasteiger partial charge in [0.2, 0.25) is 0 Å². The van der Waals surface area contributed by atoms with E-state index in [2.05, 4.69) is 10.0 Å². The first-order valence-corrected chi connectivity index (χ1v) is 10.2. The first-order valence-electron chi connectivity index (χ1n) is 8.68. The maximum Gasteiger partial charge on any atom is 0.261 e. The fourth-order valence-electron chi connectivity index (χ4n) is 2.58. The van der Waals surface area contributed by atoms with Crippen molar-refractivity contribution in [2.24, 2.45) is 0 Å². The lowest BCUT2D eigenvalue weighted by Crippen LogP contribution is -2.40. The van der Waals surface area contributed by atoms with Crippen LogP contribution in [0.1, 0.15) is 43.6 Å². The number of carbonyl (C=O) groups excluding carboxylic acids is 1. The monoisotopic (exact) mass is 390 g/mol. The van der Waals surface area contributed by atoms with Gasteiger partial charge < -0.3 is 10.1 Å². The van der Waals surface area contributed by atoms with E-state index in [1.807, 2.05) is 27.7 Å². The van der Waals surface area contributed by atoms with Gasteiger partial charge in [-0.1, -0.05) is 19.1 Å². The maximum absolute atomic E-state index is 12.8. The number of ether oxygens (including phenoxy) is 1. The average molecular weight is 391 g/mol. The molecule has 27 heavy (non-hydrogen) atoms. The normalized spacial score (nSPS) is 11.7. The molecule has 0 spiro atoms. The van der Waals surface area contributed by atoms with Gasteiger partial charge in [0.05, 0.1) is 23.3 Å². The number of benzene rings is 2. The number of para-hydroxylation sites is 1. The molecular weight excluding hydrogens is 364 g/mol. The molecule has 0 heterocycles. The van der Waals surface area contributed by atoms with Crippen LogP contribution in [-0.4, -0.2) is 27.0 Å². The highest BCUT2D eigenvalue weighted by Crippen LogP contribution is 2.25. The van der Waals surface area contributed by atoms with Gasteiger partial charge in [0.15, 0.2) is 0 Å². The van der Waals surface area contributed by atoms with Gasteiger partial charge in [0.25, 0.3) is 15.9 Å². The Bertz CT molecular complexity index is 931. The summed E-state index contributed by atoms with van der Waals surface area (Å²) < 4.78 is 33.5. The van der Waals surface area contributed by atoms with Crippen LogP contribution in [0.15, 0.2) is 47.4 Å². The Morgan fingerprint density at radius 3 is 2.37 bits per heavy atom. The number of nitrogens with one attached hydrogen (secondary N) is 2. The van der Waals surface area contributed by atoms with Crippen LogP contribution in [0.4, 0.5) is 5.69 Å². The van der Waals surface area contributed by atoms with E-state index in [0.29, 0.717) is 12.2 Å². The van der Waals surface area contributed by atoms with E-state index in [4.69, 9.17) is 4.74 Å². The van der Waals surface area contributed by atoms with Crippen LogP contribution in [0.3, 0.4) is 0 Å². The van der Waals surface area contributed by atoms with Crippen molar-refractivity contribution < 1.29 is 17.9 Å². The molecule has 0 aliphatic carbocycles. The summed E-state index contributed by atoms with van der Waals surface area (Å²) in [5, 5.41) is 2.84. The number of hydrogen-bond donors (Lipinski definition) is 2. The zero-order valence-electron chi connectivity index (χ0n) is 16.3. The molecule has 146 valence electrons. The molecule has 0 aromatic heterocycles. The van der Waals surface area contributed by atoms with Gasteiger partial charge in [-0.3, -0.25) is 9.52 Å². The summed E-state index contributed by atoms with van der Waals surface area (Å²) in [5.41, 5.74) is 0.849. The lowest BCUT2D eigenvalue weighted by Gasteiger charge is -2.21. The minimum absolute atomic E-state index is 0.117. The number of sulfonamides is 1. The molecule has 7 heteroatoms. The standard InChI is InChI=1S/C20H26N2O4S/c1-6-14-13-15(11-12-18(14)26-5)27(24,25)22-17-10-8-7-9-16(17)19(23)21-20(2,3)4/h7-13,22H,6H2,1-5H3,(H,21,23). The van der Waals surface area contributed by atoms with Crippen molar-refractivity contribution in [1.82, 2.24) is 5.32 Å². The van der Waals surface area contributed by atoms with Gasteiger partial charge in [-0.2, -0.15) is 0 Å². The number of carbonyl (C=O) groups is 1. The molecule has 0 atom stereocenters. The maximum atomic E-state index is 12.8. The van der Waals surface area contributed by atoms with Gasteiger partial charge >= 0.3 is 0 Å². The Kier molecular flexibility index (Phi) is 6.15. The van der Waals surface area contributed by atoms with Crippen molar-refractivity contribution in [3.05, 3.63) is 53.6 Å². The molecule has 2 aromatic carbocycles. The van der Waals surface area contributed by atoms with E-state index in [-0.39, 0.29) is 22.1 Å². The summed E-state index contributed by atoms with van der Waals surface area (Å²) >= 11 is 0. The van der Waals surface area contributed by atoms with E-state index >= 15 is 0 Å². The molecule has 0 saturated heterocycles. The SMILES string of the molecule is CCc1cc(S(=O)(=O)Nc2ccccc2C(=O)NC(C)(C)C)ccc1OC. The van der Waals surface area contributed by atoms with Crippen LogP contribution in [-0.2, 0) is 16.4 Å². The van der Waals surface area contributed by atoms with Crippen molar-refractivity contribution in [2.75, 3.05) is 11.8 Å². The molecular formula is C20H26N2O4S. The zero-order valence-corrected chi connectivity index (χ0v) is 17.1. The van der Waals surface area contributed by atoms with Gasteiger partial charge in [0, 0.05) is 5.54 Å².